The third-order valence-corrected chi connectivity index (χ3v) is 6.28. The quantitative estimate of drug-likeness (QED) is 0.0999. The van der Waals surface area contributed by atoms with E-state index in [-0.39, 0.29) is 19.5 Å². The van der Waals surface area contributed by atoms with Crippen LogP contribution in [0.2, 0.25) is 0 Å². The first kappa shape index (κ1) is 50.6. The van der Waals surface area contributed by atoms with E-state index in [0.29, 0.717) is 0 Å². The maximum Gasteiger partial charge on any atom is 2.00 e. The average molecular weight is 944 g/mol. The Morgan fingerprint density at radius 3 is 0.474 bits per heavy atom. The van der Waals surface area contributed by atoms with E-state index in [1.165, 1.54) is 33.4 Å². The molecule has 0 bridgehead atoms. The molecule has 0 amide bonds. The molecule has 6 aromatic rings. The molecule has 0 aliphatic heterocycles. The third-order valence-electron chi connectivity index (χ3n) is 6.28. The van der Waals surface area contributed by atoms with Gasteiger partial charge in [-0.3, -0.25) is 29.9 Å². The zero-order valence-electron chi connectivity index (χ0n) is 30.9. The molecule has 6 aromatic heterocycles. The fourth-order valence-corrected chi connectivity index (χ4v) is 4.06. The molecular formula is C36H36F12N6P2Ru. The molecule has 6 heterocycles. The summed E-state index contributed by atoms with van der Waals surface area (Å²) in [5.74, 6) is 0. The van der Waals surface area contributed by atoms with Crippen molar-refractivity contribution in [2.24, 2.45) is 0 Å². The number of aromatic nitrogens is 6. The van der Waals surface area contributed by atoms with Crippen molar-refractivity contribution in [3.8, 4) is 34.2 Å². The van der Waals surface area contributed by atoms with Gasteiger partial charge in [0.1, 0.15) is 0 Å². The van der Waals surface area contributed by atoms with Crippen molar-refractivity contribution in [3.05, 3.63) is 143 Å². The van der Waals surface area contributed by atoms with Crippen LogP contribution in [0.1, 0.15) is 33.4 Å². The van der Waals surface area contributed by atoms with Gasteiger partial charge in [0.2, 0.25) is 0 Å². The van der Waals surface area contributed by atoms with E-state index in [2.05, 4.69) is 71.4 Å². The van der Waals surface area contributed by atoms with Crippen molar-refractivity contribution >= 4 is 15.6 Å². The van der Waals surface area contributed by atoms with Crippen LogP contribution < -0.4 is 0 Å². The number of hydrogen-bond acceptors (Lipinski definition) is 6. The van der Waals surface area contributed by atoms with E-state index < -0.39 is 15.6 Å². The molecule has 0 aliphatic carbocycles. The van der Waals surface area contributed by atoms with Gasteiger partial charge in [-0.2, -0.15) is 0 Å². The number of nitrogens with zero attached hydrogens (tertiary/aromatic N) is 6. The number of pyridine rings is 6. The van der Waals surface area contributed by atoms with Crippen LogP contribution in [-0.4, -0.2) is 29.9 Å². The zero-order chi connectivity index (χ0) is 42.7. The zero-order valence-corrected chi connectivity index (χ0v) is 34.4. The molecule has 0 N–H and O–H groups in total. The van der Waals surface area contributed by atoms with Crippen molar-refractivity contribution in [2.45, 2.75) is 41.5 Å². The van der Waals surface area contributed by atoms with Gasteiger partial charge in [0.15, 0.2) is 0 Å². The van der Waals surface area contributed by atoms with E-state index in [4.69, 9.17) is 0 Å². The molecule has 0 atom stereocenters. The summed E-state index contributed by atoms with van der Waals surface area (Å²) in [5.41, 5.74) is 12.9. The minimum absolute atomic E-state index is 0. The van der Waals surface area contributed by atoms with Crippen LogP contribution in [0.5, 0.6) is 0 Å². The number of rotatable bonds is 3. The number of aryl methyl sites for hydroxylation is 6. The van der Waals surface area contributed by atoms with Crippen LogP contribution in [0.25, 0.3) is 34.2 Å². The van der Waals surface area contributed by atoms with E-state index in [0.717, 1.165) is 34.2 Å². The summed E-state index contributed by atoms with van der Waals surface area (Å²) in [6, 6.07) is 24.2. The molecule has 6 rings (SSSR count). The molecule has 21 heteroatoms. The molecule has 57 heavy (non-hydrogen) atoms. The topological polar surface area (TPSA) is 77.3 Å². The second kappa shape index (κ2) is 18.0. The van der Waals surface area contributed by atoms with Crippen LogP contribution in [-0.2, 0) is 19.5 Å². The average Bonchev–Trinajstić information content (AvgIpc) is 3.03. The minimum atomic E-state index is -10.7. The Hall–Kier alpha value is -4.46. The minimum Gasteiger partial charge on any atom is 2.00 e. The van der Waals surface area contributed by atoms with Gasteiger partial charge in [-0.15, -0.1) is 0 Å². The smallest absolute Gasteiger partial charge is 2.00 e. The molecular weight excluding hydrogens is 907 g/mol. The Kier molecular flexibility index (Phi) is 16.0. The SMILES string of the molecule is Cc1ccnc(-c2cc(C)ccn2)c1.Cc1ccnc(-c2cc(C)ccn2)c1.Cc1ccnc(-c2cc(C)ccn2)c1.F[P-](F)(F)(F)(F)F.F[P-](F)(F)(F)(F)F.[Ru+2]. The van der Waals surface area contributed by atoms with Crippen LogP contribution in [0.15, 0.2) is 110 Å². The van der Waals surface area contributed by atoms with Crippen molar-refractivity contribution in [2.75, 3.05) is 0 Å². The number of halogens is 12. The Bertz CT molecular complexity index is 1860. The van der Waals surface area contributed by atoms with Crippen molar-refractivity contribution in [3.63, 3.8) is 0 Å². The summed E-state index contributed by atoms with van der Waals surface area (Å²) in [6.45, 7) is 12.3. The Morgan fingerprint density at radius 1 is 0.281 bits per heavy atom. The van der Waals surface area contributed by atoms with Gasteiger partial charge in [-0.25, -0.2) is 0 Å². The van der Waals surface area contributed by atoms with E-state index in [1.807, 2.05) is 110 Å². The van der Waals surface area contributed by atoms with Crippen LogP contribution in [0.3, 0.4) is 0 Å². The largest absolute Gasteiger partial charge is 2.00 e. The maximum absolute atomic E-state index is 10.7. The summed E-state index contributed by atoms with van der Waals surface area (Å²) in [6.07, 6.45) is 10.9. The first-order valence-corrected chi connectivity index (χ1v) is 19.9. The first-order chi connectivity index (χ1) is 25.2. The van der Waals surface area contributed by atoms with Gasteiger partial charge in [0, 0.05) is 37.2 Å². The molecule has 0 saturated carbocycles. The second-order valence-corrected chi connectivity index (χ2v) is 16.1. The van der Waals surface area contributed by atoms with Crippen LogP contribution in [0.4, 0.5) is 50.4 Å². The summed E-state index contributed by atoms with van der Waals surface area (Å²) in [4.78, 5) is 25.7. The fourth-order valence-electron chi connectivity index (χ4n) is 4.06. The summed E-state index contributed by atoms with van der Waals surface area (Å²) >= 11 is 0. The molecule has 0 spiro atoms. The number of hydrogen-bond donors (Lipinski definition) is 0. The Balaban J connectivity index is 0.000000367. The van der Waals surface area contributed by atoms with E-state index in [1.54, 1.807) is 0 Å². The summed E-state index contributed by atoms with van der Waals surface area (Å²) in [7, 11) is -21.3. The predicted octanol–water partition coefficient (Wildman–Crippen LogP) is 15.0. The van der Waals surface area contributed by atoms with Gasteiger partial charge in [-0.05, 0) is 148 Å². The van der Waals surface area contributed by atoms with Gasteiger partial charge in [0.05, 0.1) is 34.2 Å². The Morgan fingerprint density at radius 2 is 0.386 bits per heavy atom. The molecule has 0 aromatic carbocycles. The standard InChI is InChI=1S/3C12H12N2.2F6P.Ru/c3*1-9-3-5-13-11(7-9)12-8-10(2)4-6-14-12;2*1-7(2,3,4,5)6;/h3*3-8H,1-2H3;;;/q;;;2*-1;+2. The second-order valence-electron chi connectivity index (χ2n) is 12.2. The summed E-state index contributed by atoms with van der Waals surface area (Å²) in [5, 5.41) is 0. The van der Waals surface area contributed by atoms with Gasteiger partial charge in [0.25, 0.3) is 0 Å². The van der Waals surface area contributed by atoms with E-state index >= 15 is 0 Å². The maximum atomic E-state index is 9.87. The molecule has 6 nitrogen and oxygen atoms in total. The first-order valence-electron chi connectivity index (χ1n) is 15.9. The molecule has 0 unspecified atom stereocenters. The molecule has 0 aliphatic rings. The fraction of sp³-hybridized carbons (Fsp3) is 0.167. The third kappa shape index (κ3) is 27.7. The van der Waals surface area contributed by atoms with Crippen molar-refractivity contribution in [1.82, 2.24) is 29.9 Å². The molecule has 0 radical (unpaired) electrons. The van der Waals surface area contributed by atoms with Crippen molar-refractivity contribution < 1.29 is 69.8 Å². The molecule has 0 fully saturated rings. The van der Waals surface area contributed by atoms with E-state index in [9.17, 15) is 50.4 Å². The predicted molar refractivity (Wildman–Crippen MR) is 198 cm³/mol. The monoisotopic (exact) mass is 944 g/mol. The van der Waals surface area contributed by atoms with Gasteiger partial charge in [-0.1, -0.05) is 0 Å². The normalized spacial score (nSPS) is 13.2. The van der Waals surface area contributed by atoms with Crippen LogP contribution in [0, 0.1) is 41.5 Å². The molecule has 312 valence electrons. The molecule has 0 saturated heterocycles. The van der Waals surface area contributed by atoms with Crippen LogP contribution >= 0.6 is 15.6 Å². The Labute approximate surface area is 333 Å². The van der Waals surface area contributed by atoms with Gasteiger partial charge >= 0.3 is 85.5 Å². The summed E-state index contributed by atoms with van der Waals surface area (Å²) < 4.78 is 118. The van der Waals surface area contributed by atoms with Crippen molar-refractivity contribution in [1.29, 1.82) is 0 Å². The van der Waals surface area contributed by atoms with Gasteiger partial charge < -0.3 is 0 Å².